The molecule has 7 nitrogen and oxygen atoms in total. The molecule has 42 heavy (non-hydrogen) atoms. The highest BCUT2D eigenvalue weighted by molar-refractivity contribution is 7.98. The van der Waals surface area contributed by atoms with Gasteiger partial charge < -0.3 is 15.0 Å². The number of H-pyrrole nitrogens is 1. The molecule has 0 radical (unpaired) electrons. The average Bonchev–Trinajstić information content (AvgIpc) is 2.95. The Balaban J connectivity index is 1.49. The van der Waals surface area contributed by atoms with Crippen molar-refractivity contribution in [3.8, 4) is 23.1 Å². The van der Waals surface area contributed by atoms with E-state index in [0.29, 0.717) is 30.1 Å². The fraction of sp³-hybridized carbons (Fsp3) is 0.172. The number of anilines is 1. The van der Waals surface area contributed by atoms with Crippen LogP contribution in [0.5, 0.6) is 5.75 Å². The summed E-state index contributed by atoms with van der Waals surface area (Å²) < 4.78 is 72.5. The Labute approximate surface area is 240 Å². The Morgan fingerprint density at radius 2 is 1.79 bits per heavy atom. The van der Waals surface area contributed by atoms with Gasteiger partial charge in [-0.05, 0) is 48.0 Å². The van der Waals surface area contributed by atoms with E-state index in [0.717, 1.165) is 11.6 Å². The fourth-order valence-corrected chi connectivity index (χ4v) is 4.74. The van der Waals surface area contributed by atoms with Gasteiger partial charge in [-0.2, -0.15) is 18.4 Å². The lowest BCUT2D eigenvalue weighted by Gasteiger charge is -2.18. The minimum absolute atomic E-state index is 0.148. The van der Waals surface area contributed by atoms with Crippen LogP contribution >= 0.6 is 11.8 Å². The van der Waals surface area contributed by atoms with Crippen LogP contribution < -0.4 is 15.6 Å². The van der Waals surface area contributed by atoms with Crippen LogP contribution in [0.1, 0.15) is 39.5 Å². The highest BCUT2D eigenvalue weighted by atomic mass is 32.2. The third-order valence-corrected chi connectivity index (χ3v) is 6.95. The van der Waals surface area contributed by atoms with Crippen LogP contribution in [-0.4, -0.2) is 23.0 Å². The maximum absolute atomic E-state index is 14.1. The number of benzene rings is 3. The highest BCUT2D eigenvalue weighted by Gasteiger charge is 2.36. The van der Waals surface area contributed by atoms with E-state index in [-0.39, 0.29) is 28.2 Å². The number of carbonyl (C=O) groups excluding carboxylic acids is 1. The maximum Gasteiger partial charge on any atom is 0.416 e. The van der Waals surface area contributed by atoms with Gasteiger partial charge in [0.25, 0.3) is 17.4 Å². The van der Waals surface area contributed by atoms with Crippen molar-refractivity contribution in [2.75, 3.05) is 12.4 Å². The molecule has 0 bridgehead atoms. The van der Waals surface area contributed by atoms with Gasteiger partial charge in [0.1, 0.15) is 17.4 Å². The lowest BCUT2D eigenvalue weighted by molar-refractivity contribution is -0.137. The number of methoxy groups -OCH3 is 1. The number of alkyl halides is 5. The maximum atomic E-state index is 14.1. The van der Waals surface area contributed by atoms with Gasteiger partial charge in [-0.25, -0.2) is 13.8 Å². The van der Waals surface area contributed by atoms with Crippen LogP contribution in [0.4, 0.5) is 27.6 Å². The zero-order valence-corrected chi connectivity index (χ0v) is 22.8. The number of hydrogen-bond donors (Lipinski definition) is 2. The molecule has 2 N–H and O–H groups in total. The summed E-state index contributed by atoms with van der Waals surface area (Å²) >= 11 is 1.18. The molecule has 1 aromatic heterocycles. The van der Waals surface area contributed by atoms with Gasteiger partial charge in [0.05, 0.1) is 18.4 Å². The van der Waals surface area contributed by atoms with Crippen molar-refractivity contribution in [3.05, 3.63) is 105 Å². The SMILES string of the molecule is COc1cccc(-c2nc(SCc3ccc(NC(=O)c4ccc(C(F)(F)F)cc4C(C)(F)F)cc3)[nH]c(=O)c2C#N)c1. The number of aromatic amines is 1. The minimum atomic E-state index is -4.85. The molecule has 1 heterocycles. The van der Waals surface area contributed by atoms with Gasteiger partial charge in [0.2, 0.25) is 0 Å². The summed E-state index contributed by atoms with van der Waals surface area (Å²) in [6.45, 7) is 0.418. The van der Waals surface area contributed by atoms with Gasteiger partial charge in [-0.1, -0.05) is 36.0 Å². The number of halogens is 5. The van der Waals surface area contributed by atoms with E-state index < -0.39 is 40.3 Å². The second-order valence-electron chi connectivity index (χ2n) is 9.02. The lowest BCUT2D eigenvalue weighted by Crippen LogP contribution is -2.21. The van der Waals surface area contributed by atoms with Crippen molar-refractivity contribution in [3.63, 3.8) is 0 Å². The summed E-state index contributed by atoms with van der Waals surface area (Å²) in [6, 6.07) is 16.5. The van der Waals surface area contributed by atoms with Crippen molar-refractivity contribution in [2.24, 2.45) is 0 Å². The summed E-state index contributed by atoms with van der Waals surface area (Å²) in [7, 11) is 1.49. The molecule has 0 saturated carbocycles. The van der Waals surface area contributed by atoms with E-state index in [4.69, 9.17) is 4.74 Å². The molecule has 3 aromatic carbocycles. The fourth-order valence-electron chi connectivity index (χ4n) is 3.92. The molecule has 4 aromatic rings. The number of nitriles is 1. The zero-order chi connectivity index (χ0) is 30.7. The van der Waals surface area contributed by atoms with Crippen LogP contribution in [0, 0.1) is 11.3 Å². The minimum Gasteiger partial charge on any atom is -0.497 e. The molecule has 0 aliphatic rings. The van der Waals surface area contributed by atoms with Crippen LogP contribution in [0.15, 0.2) is 76.7 Å². The number of nitrogens with zero attached hydrogens (tertiary/aromatic N) is 2. The topological polar surface area (TPSA) is 108 Å². The number of amides is 1. The zero-order valence-electron chi connectivity index (χ0n) is 22.0. The van der Waals surface area contributed by atoms with E-state index in [9.17, 15) is 36.8 Å². The molecular formula is C29H21F5N4O3S. The number of carbonyl (C=O) groups is 1. The number of aromatic nitrogens is 2. The van der Waals surface area contributed by atoms with Crippen LogP contribution in [-0.2, 0) is 17.9 Å². The van der Waals surface area contributed by atoms with E-state index in [1.165, 1.54) is 31.0 Å². The van der Waals surface area contributed by atoms with E-state index in [2.05, 4.69) is 15.3 Å². The Hall–Kier alpha value is -4.70. The second kappa shape index (κ2) is 12.0. The van der Waals surface area contributed by atoms with Crippen LogP contribution in [0.25, 0.3) is 11.3 Å². The smallest absolute Gasteiger partial charge is 0.416 e. The number of thioether (sulfide) groups is 1. The van der Waals surface area contributed by atoms with Gasteiger partial charge in [0.15, 0.2) is 5.16 Å². The van der Waals surface area contributed by atoms with Gasteiger partial charge >= 0.3 is 6.18 Å². The van der Waals surface area contributed by atoms with Crippen molar-refractivity contribution in [1.82, 2.24) is 9.97 Å². The summed E-state index contributed by atoms with van der Waals surface area (Å²) in [5.74, 6) is -3.84. The van der Waals surface area contributed by atoms with Crippen LogP contribution in [0.3, 0.4) is 0 Å². The third-order valence-electron chi connectivity index (χ3n) is 6.00. The standard InChI is InChI=1S/C29H21F5N4O3S/c1-28(30,31)23-13-18(29(32,33)34)8-11-21(23)25(39)36-19-9-6-16(7-10-19)15-42-27-37-24(22(14-35)26(40)38-27)17-4-3-5-20(12-17)41-2/h3-13H,15H2,1-2H3,(H,36,39)(H,37,38,40). The molecule has 13 heteroatoms. The Morgan fingerprint density at radius 1 is 1.07 bits per heavy atom. The number of nitrogens with one attached hydrogen (secondary N) is 2. The first-order valence-corrected chi connectivity index (χ1v) is 13.1. The first-order chi connectivity index (χ1) is 19.8. The molecule has 0 spiro atoms. The summed E-state index contributed by atoms with van der Waals surface area (Å²) in [4.78, 5) is 32.3. The van der Waals surface area contributed by atoms with Gasteiger partial charge in [-0.3, -0.25) is 9.59 Å². The van der Waals surface area contributed by atoms with Crippen LogP contribution in [0.2, 0.25) is 0 Å². The Kier molecular flexibility index (Phi) is 8.67. The number of hydrogen-bond acceptors (Lipinski definition) is 6. The Bertz CT molecular complexity index is 1730. The molecule has 0 unspecified atom stereocenters. The molecule has 0 aliphatic carbocycles. The largest absolute Gasteiger partial charge is 0.497 e. The molecule has 0 fully saturated rings. The lowest BCUT2D eigenvalue weighted by atomic mass is 9.98. The number of rotatable bonds is 8. The summed E-state index contributed by atoms with van der Waals surface area (Å²) in [5, 5.41) is 12.2. The third kappa shape index (κ3) is 6.95. The van der Waals surface area contributed by atoms with Gasteiger partial charge in [0, 0.05) is 35.1 Å². The quantitative estimate of drug-likeness (QED) is 0.128. The molecule has 1 amide bonds. The van der Waals surface area contributed by atoms with E-state index in [1.54, 1.807) is 36.4 Å². The highest BCUT2D eigenvalue weighted by Crippen LogP contribution is 2.36. The predicted octanol–water partition coefficient (Wildman–Crippen LogP) is 6.99. The second-order valence-corrected chi connectivity index (χ2v) is 9.99. The van der Waals surface area contributed by atoms with Crippen molar-refractivity contribution >= 4 is 23.4 Å². The van der Waals surface area contributed by atoms with Crippen molar-refractivity contribution in [2.45, 2.75) is 29.9 Å². The first-order valence-electron chi connectivity index (χ1n) is 12.1. The molecule has 4 rings (SSSR count). The first kappa shape index (κ1) is 30.3. The molecule has 0 atom stereocenters. The van der Waals surface area contributed by atoms with E-state index >= 15 is 0 Å². The summed E-state index contributed by atoms with van der Waals surface area (Å²) in [6.07, 6.45) is -4.85. The molecule has 0 aliphatic heterocycles. The van der Waals surface area contributed by atoms with E-state index in [1.807, 2.05) is 6.07 Å². The monoisotopic (exact) mass is 600 g/mol. The normalized spacial score (nSPS) is 11.6. The molecular weight excluding hydrogens is 579 g/mol. The van der Waals surface area contributed by atoms with Crippen molar-refractivity contribution in [1.29, 1.82) is 5.26 Å². The Morgan fingerprint density at radius 3 is 2.40 bits per heavy atom. The average molecular weight is 601 g/mol. The van der Waals surface area contributed by atoms with Gasteiger partial charge in [-0.15, -0.1) is 0 Å². The number of ether oxygens (including phenoxy) is 1. The molecule has 216 valence electrons. The molecule has 0 saturated heterocycles. The van der Waals surface area contributed by atoms with Crippen molar-refractivity contribution < 1.29 is 31.5 Å². The predicted molar refractivity (Wildman–Crippen MR) is 147 cm³/mol. The summed E-state index contributed by atoms with van der Waals surface area (Å²) in [5.41, 5.74) is -1.98.